The van der Waals surface area contributed by atoms with Crippen LogP contribution in [0.15, 0.2) is 24.3 Å². The van der Waals surface area contributed by atoms with Crippen molar-refractivity contribution in [3.05, 3.63) is 29.8 Å². The number of rotatable bonds is 2. The standard InChI is InChI=1S/C12H15NO2/c14-12(15)10-6-2-3-7-11(10)13-8-4-1-5-9-13/h2-3,6-7H,1,4-5,8-9H2,(H,14,15)/p-1. The monoisotopic (exact) mass is 204 g/mol. The van der Waals surface area contributed by atoms with Crippen LogP contribution in [0.1, 0.15) is 29.6 Å². The predicted octanol–water partition coefficient (Wildman–Crippen LogP) is 1.04. The summed E-state index contributed by atoms with van der Waals surface area (Å²) in [6.45, 7) is 1.90. The molecule has 0 saturated carbocycles. The first-order valence-electron chi connectivity index (χ1n) is 5.34. The van der Waals surface area contributed by atoms with Crippen molar-refractivity contribution in [1.82, 2.24) is 0 Å². The summed E-state index contributed by atoms with van der Waals surface area (Å²) in [7, 11) is 0. The molecule has 1 fully saturated rings. The number of nitrogens with zero attached hydrogens (tertiary/aromatic N) is 1. The van der Waals surface area contributed by atoms with Crippen LogP contribution in [0.3, 0.4) is 0 Å². The summed E-state index contributed by atoms with van der Waals surface area (Å²) in [6.07, 6.45) is 3.52. The number of para-hydroxylation sites is 1. The molecule has 1 heterocycles. The van der Waals surface area contributed by atoms with Gasteiger partial charge >= 0.3 is 0 Å². The summed E-state index contributed by atoms with van der Waals surface area (Å²) in [4.78, 5) is 13.1. The maximum Gasteiger partial charge on any atom is 0.0736 e. The molecule has 0 amide bonds. The summed E-state index contributed by atoms with van der Waals surface area (Å²) >= 11 is 0. The van der Waals surface area contributed by atoms with E-state index < -0.39 is 5.97 Å². The fraction of sp³-hybridized carbons (Fsp3) is 0.417. The number of carboxylic acid groups (broad SMARTS) is 1. The van der Waals surface area contributed by atoms with Crippen LogP contribution in [-0.4, -0.2) is 19.1 Å². The van der Waals surface area contributed by atoms with E-state index in [4.69, 9.17) is 0 Å². The van der Waals surface area contributed by atoms with Gasteiger partial charge in [-0.05, 0) is 25.3 Å². The maximum atomic E-state index is 10.9. The maximum absolute atomic E-state index is 10.9. The molecule has 0 aliphatic carbocycles. The summed E-state index contributed by atoms with van der Waals surface area (Å²) < 4.78 is 0. The van der Waals surface area contributed by atoms with E-state index in [2.05, 4.69) is 4.90 Å². The minimum atomic E-state index is -1.09. The molecule has 0 N–H and O–H groups in total. The van der Waals surface area contributed by atoms with Gasteiger partial charge in [-0.2, -0.15) is 0 Å². The van der Waals surface area contributed by atoms with E-state index in [0.717, 1.165) is 31.6 Å². The van der Waals surface area contributed by atoms with Crippen molar-refractivity contribution in [2.45, 2.75) is 19.3 Å². The highest BCUT2D eigenvalue weighted by atomic mass is 16.4. The molecule has 0 bridgehead atoms. The van der Waals surface area contributed by atoms with E-state index in [-0.39, 0.29) is 0 Å². The minimum absolute atomic E-state index is 0.305. The van der Waals surface area contributed by atoms with Gasteiger partial charge < -0.3 is 14.8 Å². The molecule has 1 saturated heterocycles. The third kappa shape index (κ3) is 2.12. The lowest BCUT2D eigenvalue weighted by Crippen LogP contribution is -2.32. The topological polar surface area (TPSA) is 43.4 Å². The van der Waals surface area contributed by atoms with Crippen LogP contribution in [0.4, 0.5) is 5.69 Å². The van der Waals surface area contributed by atoms with Crippen molar-refractivity contribution in [3.8, 4) is 0 Å². The molecule has 0 atom stereocenters. The fourth-order valence-electron chi connectivity index (χ4n) is 2.06. The Labute approximate surface area is 89.3 Å². The van der Waals surface area contributed by atoms with Gasteiger partial charge in [0.2, 0.25) is 0 Å². The highest BCUT2D eigenvalue weighted by Crippen LogP contribution is 2.23. The van der Waals surface area contributed by atoms with Crippen LogP contribution in [0.25, 0.3) is 0 Å². The first-order chi connectivity index (χ1) is 7.29. The summed E-state index contributed by atoms with van der Waals surface area (Å²) in [6, 6.07) is 7.07. The largest absolute Gasteiger partial charge is 0.545 e. The summed E-state index contributed by atoms with van der Waals surface area (Å²) in [5.41, 5.74) is 1.11. The third-order valence-electron chi connectivity index (χ3n) is 2.82. The van der Waals surface area contributed by atoms with Gasteiger partial charge in [-0.15, -0.1) is 0 Å². The van der Waals surface area contributed by atoms with E-state index in [1.54, 1.807) is 12.1 Å². The first-order valence-corrected chi connectivity index (χ1v) is 5.34. The zero-order valence-corrected chi connectivity index (χ0v) is 8.61. The number of carbonyl (C=O) groups excluding carboxylic acids is 1. The summed E-state index contributed by atoms with van der Waals surface area (Å²) in [5.74, 6) is -1.09. The average Bonchev–Trinajstić information content (AvgIpc) is 2.30. The SMILES string of the molecule is O=C([O-])c1ccccc1N1CCCCC1. The van der Waals surface area contributed by atoms with Crippen LogP contribution in [0.5, 0.6) is 0 Å². The van der Waals surface area contributed by atoms with E-state index in [1.165, 1.54) is 6.42 Å². The molecule has 0 unspecified atom stereocenters. The molecule has 1 aromatic rings. The van der Waals surface area contributed by atoms with Crippen LogP contribution in [0, 0.1) is 0 Å². The van der Waals surface area contributed by atoms with Crippen LogP contribution >= 0.6 is 0 Å². The Bertz CT molecular complexity index is 356. The highest BCUT2D eigenvalue weighted by Gasteiger charge is 2.13. The van der Waals surface area contributed by atoms with E-state index in [0.29, 0.717) is 5.56 Å². The van der Waals surface area contributed by atoms with Gasteiger partial charge in [-0.25, -0.2) is 0 Å². The highest BCUT2D eigenvalue weighted by molar-refractivity contribution is 5.93. The van der Waals surface area contributed by atoms with Crippen molar-refractivity contribution in [2.75, 3.05) is 18.0 Å². The Hall–Kier alpha value is -1.51. The Morgan fingerprint density at radius 1 is 1.13 bits per heavy atom. The minimum Gasteiger partial charge on any atom is -0.545 e. The Balaban J connectivity index is 2.29. The van der Waals surface area contributed by atoms with E-state index in [9.17, 15) is 9.90 Å². The van der Waals surface area contributed by atoms with Gasteiger partial charge in [0.05, 0.1) is 5.97 Å². The van der Waals surface area contributed by atoms with Crippen molar-refractivity contribution in [2.24, 2.45) is 0 Å². The Morgan fingerprint density at radius 2 is 1.80 bits per heavy atom. The molecule has 1 aliphatic rings. The van der Waals surface area contributed by atoms with Crippen LogP contribution in [-0.2, 0) is 0 Å². The Kier molecular flexibility index (Phi) is 2.90. The van der Waals surface area contributed by atoms with Crippen molar-refractivity contribution < 1.29 is 9.90 Å². The molecule has 0 radical (unpaired) electrons. The summed E-state index contributed by atoms with van der Waals surface area (Å²) in [5, 5.41) is 10.9. The van der Waals surface area contributed by atoms with Gasteiger partial charge in [0.25, 0.3) is 0 Å². The molecule has 1 aromatic carbocycles. The molecular weight excluding hydrogens is 190 g/mol. The quantitative estimate of drug-likeness (QED) is 0.723. The lowest BCUT2D eigenvalue weighted by atomic mass is 10.1. The van der Waals surface area contributed by atoms with Crippen molar-refractivity contribution in [3.63, 3.8) is 0 Å². The molecular formula is C12H14NO2-. The number of aromatic carboxylic acids is 1. The van der Waals surface area contributed by atoms with Gasteiger partial charge in [0.15, 0.2) is 0 Å². The van der Waals surface area contributed by atoms with Crippen LogP contribution in [0.2, 0.25) is 0 Å². The normalized spacial score (nSPS) is 16.4. The number of anilines is 1. The number of carbonyl (C=O) groups is 1. The molecule has 0 spiro atoms. The van der Waals surface area contributed by atoms with Crippen LogP contribution < -0.4 is 10.0 Å². The van der Waals surface area contributed by atoms with Gasteiger partial charge in [-0.1, -0.05) is 18.2 Å². The van der Waals surface area contributed by atoms with Gasteiger partial charge in [0, 0.05) is 24.3 Å². The zero-order chi connectivity index (χ0) is 10.7. The Morgan fingerprint density at radius 3 is 2.47 bits per heavy atom. The fourth-order valence-corrected chi connectivity index (χ4v) is 2.06. The molecule has 80 valence electrons. The van der Waals surface area contributed by atoms with Gasteiger partial charge in [-0.3, -0.25) is 0 Å². The molecule has 3 nitrogen and oxygen atoms in total. The number of carboxylic acids is 1. The third-order valence-corrected chi connectivity index (χ3v) is 2.82. The molecule has 15 heavy (non-hydrogen) atoms. The smallest absolute Gasteiger partial charge is 0.0736 e. The lowest BCUT2D eigenvalue weighted by Gasteiger charge is -2.30. The van der Waals surface area contributed by atoms with E-state index in [1.807, 2.05) is 12.1 Å². The molecule has 1 aliphatic heterocycles. The first kappa shape index (κ1) is 10.0. The average molecular weight is 204 g/mol. The number of hydrogen-bond acceptors (Lipinski definition) is 3. The zero-order valence-electron chi connectivity index (χ0n) is 8.61. The van der Waals surface area contributed by atoms with Crippen molar-refractivity contribution in [1.29, 1.82) is 0 Å². The van der Waals surface area contributed by atoms with Gasteiger partial charge in [0.1, 0.15) is 0 Å². The molecule has 3 heteroatoms. The van der Waals surface area contributed by atoms with E-state index >= 15 is 0 Å². The lowest BCUT2D eigenvalue weighted by molar-refractivity contribution is -0.254. The second-order valence-electron chi connectivity index (χ2n) is 3.85. The molecule has 2 rings (SSSR count). The second kappa shape index (κ2) is 4.34. The number of piperidine rings is 1. The van der Waals surface area contributed by atoms with Crippen molar-refractivity contribution >= 4 is 11.7 Å². The number of hydrogen-bond donors (Lipinski definition) is 0. The molecule has 0 aromatic heterocycles. The predicted molar refractivity (Wildman–Crippen MR) is 56.8 cm³/mol. The number of benzene rings is 1. The second-order valence-corrected chi connectivity index (χ2v) is 3.85.